The molecule has 8 heteroatoms. The van der Waals surface area contributed by atoms with Gasteiger partial charge in [-0.15, -0.1) is 0 Å². The third-order valence-electron chi connectivity index (χ3n) is 5.03. The van der Waals surface area contributed by atoms with E-state index < -0.39 is 11.7 Å². The first kappa shape index (κ1) is 16.4. The fourth-order valence-corrected chi connectivity index (χ4v) is 4.03. The first-order chi connectivity index (χ1) is 12.0. The Morgan fingerprint density at radius 2 is 2.20 bits per heavy atom. The number of nitrogens with two attached hydrogens (primary N) is 2. The lowest BCUT2D eigenvalue weighted by atomic mass is 9.90. The minimum absolute atomic E-state index is 0.0397. The Balaban J connectivity index is 1.74. The zero-order chi connectivity index (χ0) is 17.7. The molecule has 2 aliphatic rings. The smallest absolute Gasteiger partial charge is 0.256 e. The van der Waals surface area contributed by atoms with E-state index >= 15 is 0 Å². The van der Waals surface area contributed by atoms with Crippen molar-refractivity contribution in [3.05, 3.63) is 39.8 Å². The highest BCUT2D eigenvalue weighted by Crippen LogP contribution is 2.39. The molecule has 0 radical (unpaired) electrons. The number of anilines is 2. The average molecular weight is 364 g/mol. The highest BCUT2D eigenvalue weighted by molar-refractivity contribution is 6.33. The van der Waals surface area contributed by atoms with Gasteiger partial charge in [0.1, 0.15) is 11.6 Å². The lowest BCUT2D eigenvalue weighted by Crippen LogP contribution is -2.29. The van der Waals surface area contributed by atoms with E-state index in [4.69, 9.17) is 23.1 Å². The molecule has 0 saturated heterocycles. The first-order valence-electron chi connectivity index (χ1n) is 8.34. The lowest BCUT2D eigenvalue weighted by Gasteiger charge is -2.26. The van der Waals surface area contributed by atoms with Crippen molar-refractivity contribution in [2.75, 3.05) is 17.6 Å². The number of rotatable bonds is 1. The number of carbonyl (C=O) groups is 1. The zero-order valence-electron chi connectivity index (χ0n) is 13.6. The van der Waals surface area contributed by atoms with E-state index in [1.165, 1.54) is 16.8 Å². The van der Waals surface area contributed by atoms with Gasteiger partial charge in [-0.25, -0.2) is 4.39 Å². The van der Waals surface area contributed by atoms with Crippen molar-refractivity contribution in [1.82, 2.24) is 9.78 Å². The number of hydrogen-bond acceptors (Lipinski definition) is 5. The fourth-order valence-electron chi connectivity index (χ4n) is 3.75. The van der Waals surface area contributed by atoms with Crippen LogP contribution in [0, 0.1) is 5.82 Å². The van der Waals surface area contributed by atoms with Crippen molar-refractivity contribution >= 4 is 29.0 Å². The topological polar surface area (TPSA) is 99.0 Å². The molecule has 0 amide bonds. The predicted octanol–water partition coefficient (Wildman–Crippen LogP) is 2.31. The lowest BCUT2D eigenvalue weighted by molar-refractivity contribution is 0.0859. The van der Waals surface area contributed by atoms with Gasteiger partial charge in [-0.3, -0.25) is 4.79 Å². The van der Waals surface area contributed by atoms with Gasteiger partial charge in [-0.2, -0.15) is 9.78 Å². The normalized spacial score (nSPS) is 22.0. The number of fused-ring (bicyclic) bond motifs is 2. The summed E-state index contributed by atoms with van der Waals surface area (Å²) in [4.78, 5) is 13.1. The largest absolute Gasteiger partial charge is 0.384 e. The summed E-state index contributed by atoms with van der Waals surface area (Å²) < 4.78 is 15.1. The molecule has 0 saturated carbocycles. The van der Waals surface area contributed by atoms with E-state index in [0.717, 1.165) is 24.1 Å². The summed E-state index contributed by atoms with van der Waals surface area (Å²) >= 11 is 6.12. The number of nitrogens with one attached hydrogen (secondary N) is 1. The van der Waals surface area contributed by atoms with Crippen LogP contribution in [-0.4, -0.2) is 28.3 Å². The van der Waals surface area contributed by atoms with Gasteiger partial charge in [0.2, 0.25) is 0 Å². The molecule has 4 rings (SSSR count). The van der Waals surface area contributed by atoms with Crippen LogP contribution < -0.4 is 16.8 Å². The predicted molar refractivity (Wildman–Crippen MR) is 94.5 cm³/mol. The molecule has 132 valence electrons. The molecule has 1 unspecified atom stereocenters. The number of nitrogens with zero attached hydrogens (tertiary/aromatic N) is 2. The van der Waals surface area contributed by atoms with Gasteiger partial charge in [-0.05, 0) is 37.0 Å². The number of halogens is 2. The maximum absolute atomic E-state index is 13.8. The Morgan fingerprint density at radius 1 is 1.40 bits per heavy atom. The van der Waals surface area contributed by atoms with Gasteiger partial charge in [0, 0.05) is 24.6 Å². The van der Waals surface area contributed by atoms with Crippen LogP contribution in [0.4, 0.5) is 15.9 Å². The van der Waals surface area contributed by atoms with Crippen LogP contribution in [0.25, 0.3) is 0 Å². The van der Waals surface area contributed by atoms with Crippen LogP contribution in [-0.2, 0) is 12.8 Å². The van der Waals surface area contributed by atoms with Gasteiger partial charge in [-0.1, -0.05) is 11.6 Å². The van der Waals surface area contributed by atoms with Crippen LogP contribution in [0.15, 0.2) is 12.1 Å². The Bertz CT molecular complexity index is 865. The SMILES string of the molecule is Nc1c2c(nn1C(=O)C1CCNc3c(Cl)cc(F)cc31)C[C@H](N)CC2. The maximum Gasteiger partial charge on any atom is 0.256 e. The standard InChI is InChI=1S/C17H19ClFN5O/c18-13-6-8(19)5-12-10(3-4-22-15(12)13)17(25)24-16(21)11-2-1-9(20)7-14(11)23-24/h5-6,9-10,22H,1-4,7,20-21H2/t9-,10?/m1/s1. The van der Waals surface area contributed by atoms with Gasteiger partial charge in [0.15, 0.2) is 0 Å². The highest BCUT2D eigenvalue weighted by atomic mass is 35.5. The monoisotopic (exact) mass is 363 g/mol. The van der Waals surface area contributed by atoms with Crippen molar-refractivity contribution in [2.24, 2.45) is 5.73 Å². The highest BCUT2D eigenvalue weighted by Gasteiger charge is 2.33. The fraction of sp³-hybridized carbons (Fsp3) is 0.412. The molecule has 1 aromatic carbocycles. The third-order valence-corrected chi connectivity index (χ3v) is 5.33. The van der Waals surface area contributed by atoms with E-state index in [0.29, 0.717) is 36.5 Å². The number of aromatic nitrogens is 2. The van der Waals surface area contributed by atoms with Crippen LogP contribution in [0.5, 0.6) is 0 Å². The zero-order valence-corrected chi connectivity index (χ0v) is 14.3. The van der Waals surface area contributed by atoms with Crippen LogP contribution in [0.1, 0.15) is 40.4 Å². The molecule has 0 spiro atoms. The van der Waals surface area contributed by atoms with Gasteiger partial charge >= 0.3 is 0 Å². The third kappa shape index (κ3) is 2.67. The molecule has 1 aliphatic heterocycles. The number of carbonyl (C=O) groups excluding carboxylic acids is 1. The molecule has 25 heavy (non-hydrogen) atoms. The molecule has 6 nitrogen and oxygen atoms in total. The number of nitrogen functional groups attached to an aromatic ring is 1. The van der Waals surface area contributed by atoms with E-state index in [1.54, 1.807) is 0 Å². The van der Waals surface area contributed by atoms with E-state index in [9.17, 15) is 9.18 Å². The second-order valence-electron chi connectivity index (χ2n) is 6.68. The molecular weight excluding hydrogens is 345 g/mol. The van der Waals surface area contributed by atoms with Crippen molar-refractivity contribution in [2.45, 2.75) is 37.6 Å². The summed E-state index contributed by atoms with van der Waals surface area (Å²) in [5.41, 5.74) is 15.0. The Morgan fingerprint density at radius 3 is 3.00 bits per heavy atom. The van der Waals surface area contributed by atoms with E-state index in [1.807, 2.05) is 0 Å². The van der Waals surface area contributed by atoms with Crippen molar-refractivity contribution in [3.63, 3.8) is 0 Å². The minimum Gasteiger partial charge on any atom is -0.384 e. The summed E-state index contributed by atoms with van der Waals surface area (Å²) in [5.74, 6) is -0.898. The molecule has 2 heterocycles. The van der Waals surface area contributed by atoms with E-state index in [2.05, 4.69) is 10.4 Å². The summed E-state index contributed by atoms with van der Waals surface area (Å²) in [6, 6.07) is 2.63. The van der Waals surface area contributed by atoms with Crippen LogP contribution in [0.3, 0.4) is 0 Å². The maximum atomic E-state index is 13.8. The molecule has 2 atom stereocenters. The molecule has 0 fully saturated rings. The molecular formula is C17H19ClFN5O. The van der Waals surface area contributed by atoms with Crippen molar-refractivity contribution < 1.29 is 9.18 Å². The summed E-state index contributed by atoms with van der Waals surface area (Å²) in [6.45, 7) is 0.570. The Hall–Kier alpha value is -2.12. The van der Waals surface area contributed by atoms with Gasteiger partial charge < -0.3 is 16.8 Å². The van der Waals surface area contributed by atoms with Gasteiger partial charge in [0.25, 0.3) is 5.91 Å². The minimum atomic E-state index is -0.540. The van der Waals surface area contributed by atoms with E-state index in [-0.39, 0.29) is 17.0 Å². The second kappa shape index (κ2) is 6.00. The molecule has 0 bridgehead atoms. The summed E-state index contributed by atoms with van der Waals surface area (Å²) in [6.07, 6.45) is 2.69. The first-order valence-corrected chi connectivity index (χ1v) is 8.72. The number of hydrogen-bond donors (Lipinski definition) is 3. The van der Waals surface area contributed by atoms with Crippen LogP contribution >= 0.6 is 11.6 Å². The summed E-state index contributed by atoms with van der Waals surface area (Å²) in [7, 11) is 0. The van der Waals surface area contributed by atoms with Gasteiger partial charge in [0.05, 0.1) is 22.3 Å². The van der Waals surface area contributed by atoms with Crippen molar-refractivity contribution in [3.8, 4) is 0 Å². The number of benzene rings is 1. The quantitative estimate of drug-likeness (QED) is 0.722. The molecule has 2 aromatic rings. The van der Waals surface area contributed by atoms with Crippen LogP contribution in [0.2, 0.25) is 5.02 Å². The molecule has 5 N–H and O–H groups in total. The summed E-state index contributed by atoms with van der Waals surface area (Å²) in [5, 5.41) is 7.81. The molecule has 1 aromatic heterocycles. The average Bonchev–Trinajstić information content (AvgIpc) is 2.89. The Labute approximate surface area is 149 Å². The molecule has 1 aliphatic carbocycles. The second-order valence-corrected chi connectivity index (χ2v) is 7.09. The Kier molecular flexibility index (Phi) is 3.92. The van der Waals surface area contributed by atoms with Crippen molar-refractivity contribution in [1.29, 1.82) is 0 Å².